The lowest BCUT2D eigenvalue weighted by molar-refractivity contribution is 0.211. The van der Waals surface area contributed by atoms with Crippen molar-refractivity contribution in [1.29, 1.82) is 0 Å². The average molecular weight is 347 g/mol. The number of allylic oxidation sites excluding steroid dienone is 2. The van der Waals surface area contributed by atoms with Gasteiger partial charge in [-0.2, -0.15) is 0 Å². The summed E-state index contributed by atoms with van der Waals surface area (Å²) < 4.78 is 27.3. The average Bonchev–Trinajstić information content (AvgIpc) is 2.64. The number of hydrogen-bond donors (Lipinski definition) is 0. The predicted octanol–water partition coefficient (Wildman–Crippen LogP) is 7.40. The second-order valence-corrected chi connectivity index (χ2v) is 8.24. The zero-order valence-corrected chi connectivity index (χ0v) is 15.5. The van der Waals surface area contributed by atoms with E-state index in [1.807, 2.05) is 6.07 Å². The van der Waals surface area contributed by atoms with Crippen LogP contribution >= 0.6 is 0 Å². The fraction of sp³-hybridized carbons (Fsp3) is 0.652. The summed E-state index contributed by atoms with van der Waals surface area (Å²) in [4.78, 5) is 0. The SMILES string of the molecule is CCCC1CCC(C(CC2CC=CCC2)c2ccc(F)c(F)c2)CC1. The molecule has 2 unspecified atom stereocenters. The van der Waals surface area contributed by atoms with E-state index in [-0.39, 0.29) is 0 Å². The molecule has 1 aromatic carbocycles. The molecular formula is C23H32F2. The number of rotatable bonds is 6. The molecule has 0 heterocycles. The van der Waals surface area contributed by atoms with Crippen LogP contribution in [-0.4, -0.2) is 0 Å². The first kappa shape index (κ1) is 18.6. The highest BCUT2D eigenvalue weighted by Crippen LogP contribution is 2.44. The van der Waals surface area contributed by atoms with Crippen molar-refractivity contribution in [2.45, 2.75) is 77.0 Å². The van der Waals surface area contributed by atoms with Gasteiger partial charge in [0.1, 0.15) is 0 Å². The second-order valence-electron chi connectivity index (χ2n) is 8.24. The third-order valence-corrected chi connectivity index (χ3v) is 6.49. The summed E-state index contributed by atoms with van der Waals surface area (Å²) in [6.07, 6.45) is 17.0. The van der Waals surface area contributed by atoms with Crippen molar-refractivity contribution < 1.29 is 8.78 Å². The molecule has 0 saturated heterocycles. The molecule has 2 aliphatic rings. The summed E-state index contributed by atoms with van der Waals surface area (Å²) in [6, 6.07) is 4.62. The first-order valence-corrected chi connectivity index (χ1v) is 10.3. The highest BCUT2D eigenvalue weighted by Gasteiger charge is 2.30. The van der Waals surface area contributed by atoms with Gasteiger partial charge in [-0.25, -0.2) is 8.78 Å². The topological polar surface area (TPSA) is 0 Å². The maximum atomic E-state index is 13.9. The molecule has 3 rings (SSSR count). The van der Waals surface area contributed by atoms with Gasteiger partial charge >= 0.3 is 0 Å². The van der Waals surface area contributed by atoms with Crippen molar-refractivity contribution in [1.82, 2.24) is 0 Å². The van der Waals surface area contributed by atoms with Gasteiger partial charge < -0.3 is 0 Å². The van der Waals surface area contributed by atoms with Crippen molar-refractivity contribution in [2.24, 2.45) is 17.8 Å². The van der Waals surface area contributed by atoms with Crippen LogP contribution in [-0.2, 0) is 0 Å². The lowest BCUT2D eigenvalue weighted by Crippen LogP contribution is -2.23. The summed E-state index contributed by atoms with van der Waals surface area (Å²) in [6.45, 7) is 2.27. The summed E-state index contributed by atoms with van der Waals surface area (Å²) >= 11 is 0. The Morgan fingerprint density at radius 2 is 1.76 bits per heavy atom. The normalized spacial score (nSPS) is 28.0. The molecule has 0 aliphatic heterocycles. The fourth-order valence-corrected chi connectivity index (χ4v) is 5.06. The molecule has 1 saturated carbocycles. The smallest absolute Gasteiger partial charge is 0.159 e. The molecular weight excluding hydrogens is 314 g/mol. The summed E-state index contributed by atoms with van der Waals surface area (Å²) in [7, 11) is 0. The summed E-state index contributed by atoms with van der Waals surface area (Å²) in [5.74, 6) is 1.17. The predicted molar refractivity (Wildman–Crippen MR) is 101 cm³/mol. The van der Waals surface area contributed by atoms with E-state index in [1.54, 1.807) is 0 Å². The second kappa shape index (κ2) is 8.96. The van der Waals surface area contributed by atoms with Crippen molar-refractivity contribution in [3.8, 4) is 0 Å². The molecule has 2 atom stereocenters. The van der Waals surface area contributed by atoms with Gasteiger partial charge in [-0.3, -0.25) is 0 Å². The van der Waals surface area contributed by atoms with E-state index in [9.17, 15) is 8.78 Å². The monoisotopic (exact) mass is 346 g/mol. The molecule has 25 heavy (non-hydrogen) atoms. The van der Waals surface area contributed by atoms with Crippen molar-refractivity contribution in [2.75, 3.05) is 0 Å². The minimum absolute atomic E-state index is 0.383. The minimum atomic E-state index is -0.727. The van der Waals surface area contributed by atoms with E-state index < -0.39 is 11.6 Å². The van der Waals surface area contributed by atoms with Gasteiger partial charge in [-0.15, -0.1) is 0 Å². The third kappa shape index (κ3) is 4.92. The number of benzene rings is 1. The Balaban J connectivity index is 1.74. The van der Waals surface area contributed by atoms with Crippen LogP contribution in [0.4, 0.5) is 8.78 Å². The van der Waals surface area contributed by atoms with Gasteiger partial charge in [0, 0.05) is 0 Å². The van der Waals surface area contributed by atoms with Crippen molar-refractivity contribution >= 4 is 0 Å². The van der Waals surface area contributed by atoms with E-state index in [0.29, 0.717) is 17.8 Å². The molecule has 138 valence electrons. The Morgan fingerprint density at radius 1 is 0.960 bits per heavy atom. The standard InChI is InChI=1S/C23H32F2/c1-2-6-17-9-11-19(12-10-17)21(15-18-7-4-3-5-8-18)20-13-14-22(24)23(25)16-20/h3-4,13-14,16-19,21H,2,5-12,15H2,1H3. The zero-order valence-electron chi connectivity index (χ0n) is 15.5. The molecule has 1 fully saturated rings. The van der Waals surface area contributed by atoms with Crippen LogP contribution in [0.2, 0.25) is 0 Å². The molecule has 0 N–H and O–H groups in total. The minimum Gasteiger partial charge on any atom is -0.204 e. The lowest BCUT2D eigenvalue weighted by atomic mass is 9.69. The summed E-state index contributed by atoms with van der Waals surface area (Å²) in [5.41, 5.74) is 1.02. The fourth-order valence-electron chi connectivity index (χ4n) is 5.06. The van der Waals surface area contributed by atoms with Crippen molar-refractivity contribution in [3.63, 3.8) is 0 Å². The first-order valence-electron chi connectivity index (χ1n) is 10.3. The molecule has 1 aromatic rings. The first-order chi connectivity index (χ1) is 12.2. The molecule has 0 radical (unpaired) electrons. The Labute approximate surface area is 151 Å². The maximum absolute atomic E-state index is 13.9. The van der Waals surface area contributed by atoms with E-state index in [4.69, 9.17) is 0 Å². The lowest BCUT2D eigenvalue weighted by Gasteiger charge is -2.36. The summed E-state index contributed by atoms with van der Waals surface area (Å²) in [5, 5.41) is 0. The van der Waals surface area contributed by atoms with Crippen LogP contribution in [0.5, 0.6) is 0 Å². The Kier molecular flexibility index (Phi) is 6.67. The van der Waals surface area contributed by atoms with Crippen molar-refractivity contribution in [3.05, 3.63) is 47.5 Å². The molecule has 0 spiro atoms. The number of halogens is 2. The maximum Gasteiger partial charge on any atom is 0.159 e. The van der Waals surface area contributed by atoms with Crippen LogP contribution < -0.4 is 0 Å². The number of hydrogen-bond acceptors (Lipinski definition) is 0. The quantitative estimate of drug-likeness (QED) is 0.471. The van der Waals surface area contributed by atoms with Gasteiger partial charge in [0.15, 0.2) is 11.6 Å². The van der Waals surface area contributed by atoms with Crippen LogP contribution in [0.3, 0.4) is 0 Å². The van der Waals surface area contributed by atoms with E-state index in [0.717, 1.165) is 24.3 Å². The highest BCUT2D eigenvalue weighted by atomic mass is 19.2. The van der Waals surface area contributed by atoms with Gasteiger partial charge in [-0.1, -0.05) is 50.8 Å². The molecule has 2 heteroatoms. The van der Waals surface area contributed by atoms with Crippen LogP contribution in [0.15, 0.2) is 30.4 Å². The van der Waals surface area contributed by atoms with Gasteiger partial charge in [0.05, 0.1) is 0 Å². The Hall–Kier alpha value is -1.18. The third-order valence-electron chi connectivity index (χ3n) is 6.49. The van der Waals surface area contributed by atoms with E-state index >= 15 is 0 Å². The van der Waals surface area contributed by atoms with Crippen LogP contribution in [0, 0.1) is 29.4 Å². The van der Waals surface area contributed by atoms with Gasteiger partial charge in [0.2, 0.25) is 0 Å². The zero-order chi connectivity index (χ0) is 17.6. The van der Waals surface area contributed by atoms with E-state index in [1.165, 1.54) is 63.5 Å². The highest BCUT2D eigenvalue weighted by molar-refractivity contribution is 5.23. The molecule has 0 amide bonds. The molecule has 0 nitrogen and oxygen atoms in total. The molecule has 2 aliphatic carbocycles. The molecule has 0 bridgehead atoms. The van der Waals surface area contributed by atoms with Gasteiger partial charge in [-0.05, 0) is 79.9 Å². The Morgan fingerprint density at radius 3 is 2.40 bits per heavy atom. The Bertz CT molecular complexity index is 569. The van der Waals surface area contributed by atoms with E-state index in [2.05, 4.69) is 19.1 Å². The largest absolute Gasteiger partial charge is 0.204 e. The van der Waals surface area contributed by atoms with Gasteiger partial charge in [0.25, 0.3) is 0 Å². The van der Waals surface area contributed by atoms with Crippen LogP contribution in [0.25, 0.3) is 0 Å². The van der Waals surface area contributed by atoms with Crippen LogP contribution in [0.1, 0.15) is 82.6 Å². The molecule has 0 aromatic heterocycles.